The molecule has 0 aliphatic carbocycles. The Hall–Kier alpha value is -3.71. The maximum atomic E-state index is 14.0. The van der Waals surface area contributed by atoms with Crippen LogP contribution in [0.15, 0.2) is 30.3 Å². The number of ether oxygens (including phenoxy) is 1. The summed E-state index contributed by atoms with van der Waals surface area (Å²) < 4.78 is 4.72. The number of aliphatic hydroxyl groups excluding tert-OH is 2. The number of carbonyl (C=O) groups excluding carboxylic acids is 5. The average Bonchev–Trinajstić information content (AvgIpc) is 3.53. The Balaban J connectivity index is 1.95. The summed E-state index contributed by atoms with van der Waals surface area (Å²) >= 11 is 0. The monoisotopic (exact) mass is 533 g/mol. The molecule has 0 spiro atoms. The number of nitrogens with one attached hydrogen (secondary N) is 1. The van der Waals surface area contributed by atoms with Crippen molar-refractivity contribution in [2.45, 2.75) is 68.9 Å². The van der Waals surface area contributed by atoms with Gasteiger partial charge in [-0.25, -0.2) is 4.79 Å². The molecular formula is C25H35N5O8. The van der Waals surface area contributed by atoms with E-state index >= 15 is 0 Å². The lowest BCUT2D eigenvalue weighted by Crippen LogP contribution is -2.65. The van der Waals surface area contributed by atoms with Gasteiger partial charge in [0.15, 0.2) is 0 Å². The lowest BCUT2D eigenvalue weighted by molar-refractivity contribution is -0.155. The van der Waals surface area contributed by atoms with E-state index in [1.54, 1.807) is 12.1 Å². The molecule has 7 N–H and O–H groups in total. The molecular weight excluding hydrogens is 498 g/mol. The zero-order chi connectivity index (χ0) is 28.0. The molecule has 2 heterocycles. The summed E-state index contributed by atoms with van der Waals surface area (Å²) in [6, 6.07) is 6.72. The molecule has 2 saturated heterocycles. The number of nitrogens with two attached hydrogens (primary N) is 2. The fourth-order valence-electron chi connectivity index (χ4n) is 5.30. The van der Waals surface area contributed by atoms with Crippen molar-refractivity contribution in [1.82, 2.24) is 15.1 Å². The van der Waals surface area contributed by atoms with Crippen LogP contribution in [-0.2, 0) is 30.3 Å². The predicted molar refractivity (Wildman–Crippen MR) is 133 cm³/mol. The highest BCUT2D eigenvalue weighted by molar-refractivity contribution is 5.98. The van der Waals surface area contributed by atoms with E-state index in [-0.39, 0.29) is 25.9 Å². The molecule has 2 aliphatic heterocycles. The first-order valence-corrected chi connectivity index (χ1v) is 12.5. The third-order valence-electron chi connectivity index (χ3n) is 7.11. The quantitative estimate of drug-likeness (QED) is 0.236. The molecule has 13 heteroatoms. The predicted octanol–water partition coefficient (Wildman–Crippen LogP) is -1.61. The second-order valence-electron chi connectivity index (χ2n) is 9.68. The van der Waals surface area contributed by atoms with Crippen LogP contribution < -0.4 is 16.8 Å². The normalized spacial score (nSPS) is 23.4. The van der Waals surface area contributed by atoms with Gasteiger partial charge in [0.1, 0.15) is 17.6 Å². The van der Waals surface area contributed by atoms with Crippen LogP contribution in [0, 0.1) is 0 Å². The number of aliphatic hydroxyl groups is 2. The largest absolute Gasteiger partial charge is 0.434 e. The van der Waals surface area contributed by atoms with Gasteiger partial charge < -0.3 is 41.5 Å². The number of hydrogen-bond acceptors (Lipinski definition) is 8. The zero-order valence-corrected chi connectivity index (χ0v) is 21.2. The van der Waals surface area contributed by atoms with Crippen LogP contribution in [0.25, 0.3) is 0 Å². The molecule has 1 aromatic rings. The minimum Gasteiger partial charge on any atom is -0.434 e. The van der Waals surface area contributed by atoms with Gasteiger partial charge in [0.2, 0.25) is 23.8 Å². The van der Waals surface area contributed by atoms with E-state index in [2.05, 4.69) is 5.32 Å². The minimum atomic E-state index is -1.56. The SMILES string of the molecule is CC(O)C(NC(=O)C1(Cc2ccccc2)CCCN1C(=O)[C@@H]1CCCN1C(=O)C(CO)OC(N)=O)C(N)=O. The van der Waals surface area contributed by atoms with Gasteiger partial charge in [-0.05, 0) is 38.2 Å². The lowest BCUT2D eigenvalue weighted by atomic mass is 9.86. The van der Waals surface area contributed by atoms with Gasteiger partial charge in [-0.15, -0.1) is 0 Å². The summed E-state index contributed by atoms with van der Waals surface area (Å²) in [6.45, 7) is 0.919. The van der Waals surface area contributed by atoms with Crippen molar-refractivity contribution in [3.8, 4) is 0 Å². The van der Waals surface area contributed by atoms with Gasteiger partial charge in [0.25, 0.3) is 5.91 Å². The van der Waals surface area contributed by atoms with Crippen molar-refractivity contribution in [3.05, 3.63) is 35.9 Å². The molecule has 0 bridgehead atoms. The number of likely N-dealkylation sites (tertiary alicyclic amines) is 2. The lowest BCUT2D eigenvalue weighted by Gasteiger charge is -2.41. The summed E-state index contributed by atoms with van der Waals surface area (Å²) in [6.07, 6.45) is -2.40. The van der Waals surface area contributed by atoms with Crippen LogP contribution in [-0.4, -0.2) is 99.3 Å². The summed E-state index contributed by atoms with van der Waals surface area (Å²) in [5.74, 6) is -2.81. The van der Waals surface area contributed by atoms with Gasteiger partial charge >= 0.3 is 6.09 Å². The Morgan fingerprint density at radius 2 is 1.82 bits per heavy atom. The van der Waals surface area contributed by atoms with E-state index in [4.69, 9.17) is 16.2 Å². The van der Waals surface area contributed by atoms with E-state index < -0.39 is 66.2 Å². The molecule has 38 heavy (non-hydrogen) atoms. The van der Waals surface area contributed by atoms with Crippen LogP contribution in [0.2, 0.25) is 0 Å². The van der Waals surface area contributed by atoms with Crippen LogP contribution in [0.1, 0.15) is 38.2 Å². The molecule has 5 amide bonds. The van der Waals surface area contributed by atoms with E-state index in [0.29, 0.717) is 19.3 Å². The van der Waals surface area contributed by atoms with E-state index in [1.165, 1.54) is 16.7 Å². The highest BCUT2D eigenvalue weighted by atomic mass is 16.6. The molecule has 2 fully saturated rings. The van der Waals surface area contributed by atoms with Crippen LogP contribution in [0.3, 0.4) is 0 Å². The minimum absolute atomic E-state index is 0.126. The number of benzene rings is 1. The highest BCUT2D eigenvalue weighted by Gasteiger charge is 2.53. The Labute approximate surface area is 220 Å². The molecule has 0 aromatic heterocycles. The third kappa shape index (κ3) is 6.05. The van der Waals surface area contributed by atoms with Crippen molar-refractivity contribution >= 4 is 29.7 Å². The summed E-state index contributed by atoms with van der Waals surface area (Å²) in [7, 11) is 0. The molecule has 13 nitrogen and oxygen atoms in total. The first kappa shape index (κ1) is 28.9. The van der Waals surface area contributed by atoms with Crippen LogP contribution in [0.4, 0.5) is 4.79 Å². The standard InChI is InChI=1S/C25H35N5O8/c1-15(32)19(20(26)33)28-23(36)25(13-16-7-3-2-4-8-16)10-6-12-30(25)21(34)17-9-5-11-29(17)22(35)18(14-31)38-24(27)37/h2-4,7-8,15,17-19,31-32H,5-6,9-14H2,1H3,(H2,26,33)(H2,27,37)(H,28,36)/t15?,17-,18?,19?,25?/m0/s1. The first-order chi connectivity index (χ1) is 18.0. The number of primary amides is 2. The highest BCUT2D eigenvalue weighted by Crippen LogP contribution is 2.36. The van der Waals surface area contributed by atoms with E-state index in [9.17, 15) is 34.2 Å². The third-order valence-corrected chi connectivity index (χ3v) is 7.11. The number of carbonyl (C=O) groups is 5. The second kappa shape index (κ2) is 12.2. The van der Waals surface area contributed by atoms with Crippen molar-refractivity contribution in [2.75, 3.05) is 19.7 Å². The van der Waals surface area contributed by atoms with Gasteiger partial charge in [-0.1, -0.05) is 30.3 Å². The van der Waals surface area contributed by atoms with Gasteiger partial charge in [-0.3, -0.25) is 19.2 Å². The smallest absolute Gasteiger partial charge is 0.405 e. The fraction of sp³-hybridized carbons (Fsp3) is 0.560. The molecule has 208 valence electrons. The zero-order valence-electron chi connectivity index (χ0n) is 21.2. The summed E-state index contributed by atoms with van der Waals surface area (Å²) in [5, 5.41) is 22.1. The number of hydrogen-bond donors (Lipinski definition) is 5. The van der Waals surface area contributed by atoms with Crippen molar-refractivity contribution in [2.24, 2.45) is 11.5 Å². The van der Waals surface area contributed by atoms with Crippen LogP contribution >= 0.6 is 0 Å². The Kier molecular flexibility index (Phi) is 9.28. The molecule has 5 atom stereocenters. The van der Waals surface area contributed by atoms with Crippen molar-refractivity contribution in [3.63, 3.8) is 0 Å². The van der Waals surface area contributed by atoms with Crippen molar-refractivity contribution < 1.29 is 38.9 Å². The first-order valence-electron chi connectivity index (χ1n) is 12.5. The molecule has 3 rings (SSSR count). The molecule has 4 unspecified atom stereocenters. The fourth-order valence-corrected chi connectivity index (χ4v) is 5.30. The number of rotatable bonds is 10. The van der Waals surface area contributed by atoms with Gasteiger partial charge in [0.05, 0.1) is 12.7 Å². The summed E-state index contributed by atoms with van der Waals surface area (Å²) in [5.41, 5.74) is 9.76. The van der Waals surface area contributed by atoms with E-state index in [1.807, 2.05) is 18.2 Å². The Morgan fingerprint density at radius 1 is 1.13 bits per heavy atom. The van der Waals surface area contributed by atoms with Gasteiger partial charge in [0, 0.05) is 19.5 Å². The Morgan fingerprint density at radius 3 is 2.39 bits per heavy atom. The Bertz CT molecular complexity index is 1050. The number of amides is 5. The second-order valence-corrected chi connectivity index (χ2v) is 9.68. The summed E-state index contributed by atoms with van der Waals surface area (Å²) in [4.78, 5) is 66.6. The molecule has 0 saturated carbocycles. The maximum absolute atomic E-state index is 14.0. The molecule has 2 aliphatic rings. The molecule has 1 aromatic carbocycles. The average molecular weight is 534 g/mol. The van der Waals surface area contributed by atoms with Crippen molar-refractivity contribution in [1.29, 1.82) is 0 Å². The van der Waals surface area contributed by atoms with Crippen LogP contribution in [0.5, 0.6) is 0 Å². The maximum Gasteiger partial charge on any atom is 0.405 e. The van der Waals surface area contributed by atoms with E-state index in [0.717, 1.165) is 5.56 Å². The topological polar surface area (TPSA) is 206 Å². The number of nitrogens with zero attached hydrogens (tertiary/aromatic N) is 2. The molecule has 0 radical (unpaired) electrons. The van der Waals surface area contributed by atoms with Gasteiger partial charge in [-0.2, -0.15) is 0 Å².